The van der Waals surface area contributed by atoms with Crippen LogP contribution in [0.5, 0.6) is 0 Å². The predicted octanol–water partition coefficient (Wildman–Crippen LogP) is 4.34. The van der Waals surface area contributed by atoms with Gasteiger partial charge >= 0.3 is 5.97 Å². The van der Waals surface area contributed by atoms with Crippen LogP contribution in [0, 0.1) is 0 Å². The first kappa shape index (κ1) is 26.7. The van der Waals surface area contributed by atoms with E-state index in [0.717, 1.165) is 31.2 Å². The molecule has 1 saturated heterocycles. The summed E-state index contributed by atoms with van der Waals surface area (Å²) in [5.74, 6) is -0.0164. The average Bonchev–Trinajstić information content (AvgIpc) is 3.48. The summed E-state index contributed by atoms with van der Waals surface area (Å²) in [5.41, 5.74) is 0.412. The molecule has 0 radical (unpaired) electrons. The number of imidazole rings is 1. The lowest BCUT2D eigenvalue weighted by Gasteiger charge is -2.32. The van der Waals surface area contributed by atoms with E-state index in [0.29, 0.717) is 41.8 Å². The first-order chi connectivity index (χ1) is 17.6. The number of carbonyl (C=O) groups excluding carboxylic acids is 1. The average molecular weight is 528 g/mol. The van der Waals surface area contributed by atoms with Gasteiger partial charge in [0.25, 0.3) is 5.56 Å². The molecular weight excluding hydrogens is 494 g/mol. The van der Waals surface area contributed by atoms with Crippen molar-refractivity contribution in [1.82, 2.24) is 19.3 Å². The Labute approximate surface area is 221 Å². The maximum Gasteiger partial charge on any atom is 0.305 e. The summed E-state index contributed by atoms with van der Waals surface area (Å²) in [7, 11) is 0. The molecule has 0 spiro atoms. The van der Waals surface area contributed by atoms with Gasteiger partial charge in [0.1, 0.15) is 11.9 Å². The van der Waals surface area contributed by atoms with Gasteiger partial charge in [-0.2, -0.15) is 0 Å². The maximum atomic E-state index is 13.3. The third-order valence-electron chi connectivity index (χ3n) is 6.73. The topological polar surface area (TPSA) is 109 Å². The third kappa shape index (κ3) is 5.98. The monoisotopic (exact) mass is 527 g/mol. The Kier molecular flexibility index (Phi) is 7.92. The number of halogens is 1. The number of carboxylic acid groups (broad SMARTS) is 1. The Hall–Kier alpha value is -3.33. The SMILES string of the molecule is CCCCCn1c(N2CCC[C@H]2C(=O)NC(C)(C)CC(=O)O)cc(=O)n2cc(-c3ccc(Cl)cc3)nc12. The molecule has 4 rings (SSSR count). The molecule has 1 aromatic carbocycles. The fourth-order valence-electron chi connectivity index (χ4n) is 4.97. The van der Waals surface area contributed by atoms with Crippen molar-refractivity contribution < 1.29 is 14.7 Å². The number of anilines is 1. The third-order valence-corrected chi connectivity index (χ3v) is 6.98. The van der Waals surface area contributed by atoms with Gasteiger partial charge in [0.15, 0.2) is 0 Å². The minimum Gasteiger partial charge on any atom is -0.481 e. The minimum absolute atomic E-state index is 0.180. The highest BCUT2D eigenvalue weighted by molar-refractivity contribution is 6.30. The van der Waals surface area contributed by atoms with E-state index in [4.69, 9.17) is 16.6 Å². The zero-order valence-corrected chi connectivity index (χ0v) is 22.3. The smallest absolute Gasteiger partial charge is 0.305 e. The number of hydrogen-bond donors (Lipinski definition) is 2. The van der Waals surface area contributed by atoms with Crippen LogP contribution in [-0.2, 0) is 16.1 Å². The van der Waals surface area contributed by atoms with Gasteiger partial charge in [-0.05, 0) is 45.2 Å². The first-order valence-corrected chi connectivity index (χ1v) is 13.2. The number of aromatic nitrogens is 3. The molecule has 37 heavy (non-hydrogen) atoms. The van der Waals surface area contributed by atoms with E-state index >= 15 is 0 Å². The van der Waals surface area contributed by atoms with Crippen molar-refractivity contribution in [2.45, 2.75) is 77.4 Å². The zero-order chi connectivity index (χ0) is 26.7. The lowest BCUT2D eigenvalue weighted by Crippen LogP contribution is -2.52. The lowest BCUT2D eigenvalue weighted by atomic mass is 10.00. The lowest BCUT2D eigenvalue weighted by molar-refractivity contribution is -0.138. The molecule has 9 nitrogen and oxygen atoms in total. The van der Waals surface area contributed by atoms with Crippen LogP contribution in [-0.4, -0.2) is 49.1 Å². The van der Waals surface area contributed by atoms with E-state index in [9.17, 15) is 19.5 Å². The zero-order valence-electron chi connectivity index (χ0n) is 21.5. The maximum absolute atomic E-state index is 13.3. The Morgan fingerprint density at radius 3 is 2.62 bits per heavy atom. The fraction of sp³-hybridized carbons (Fsp3) is 0.481. The summed E-state index contributed by atoms with van der Waals surface area (Å²) < 4.78 is 3.59. The van der Waals surface area contributed by atoms with E-state index in [1.165, 1.54) is 0 Å². The molecule has 198 valence electrons. The summed E-state index contributed by atoms with van der Waals surface area (Å²) in [6.45, 7) is 6.81. The van der Waals surface area contributed by atoms with Crippen LogP contribution in [0.4, 0.5) is 5.82 Å². The number of aryl methyl sites for hydroxylation is 1. The van der Waals surface area contributed by atoms with Crippen molar-refractivity contribution in [3.63, 3.8) is 0 Å². The Morgan fingerprint density at radius 2 is 1.95 bits per heavy atom. The number of fused-ring (bicyclic) bond motifs is 1. The molecule has 1 aliphatic heterocycles. The number of nitrogens with one attached hydrogen (secondary N) is 1. The Morgan fingerprint density at radius 1 is 1.22 bits per heavy atom. The Balaban J connectivity index is 1.75. The van der Waals surface area contributed by atoms with Crippen molar-refractivity contribution in [3.05, 3.63) is 51.9 Å². The standard InChI is InChI=1S/C27H34ClN5O4/c1-4-5-6-13-32-22(31-14-7-8-21(31)25(37)30-27(2,3)16-24(35)36)15-23(34)33-17-20(29-26(32)33)18-9-11-19(28)12-10-18/h9-12,15,17,21H,4-8,13-14,16H2,1-3H3,(H,30,37)(H,35,36)/t21-/m0/s1. The van der Waals surface area contributed by atoms with Gasteiger partial charge in [0.2, 0.25) is 11.7 Å². The van der Waals surface area contributed by atoms with Crippen molar-refractivity contribution in [1.29, 1.82) is 0 Å². The second-order valence-corrected chi connectivity index (χ2v) is 10.7. The normalized spacial score (nSPS) is 15.9. The summed E-state index contributed by atoms with van der Waals surface area (Å²) >= 11 is 6.05. The van der Waals surface area contributed by atoms with Crippen LogP contribution >= 0.6 is 11.6 Å². The van der Waals surface area contributed by atoms with Gasteiger partial charge in [-0.3, -0.25) is 23.4 Å². The number of unbranched alkanes of at least 4 members (excludes halogenated alkanes) is 2. The second-order valence-electron chi connectivity index (χ2n) is 10.3. The molecule has 1 fully saturated rings. The van der Waals surface area contributed by atoms with Gasteiger partial charge < -0.3 is 15.3 Å². The number of amides is 1. The highest BCUT2D eigenvalue weighted by Gasteiger charge is 2.36. The predicted molar refractivity (Wildman–Crippen MR) is 144 cm³/mol. The number of benzene rings is 1. The van der Waals surface area contributed by atoms with Gasteiger partial charge in [-0.25, -0.2) is 4.98 Å². The largest absolute Gasteiger partial charge is 0.481 e. The number of carboxylic acids is 1. The highest BCUT2D eigenvalue weighted by atomic mass is 35.5. The molecule has 0 aliphatic carbocycles. The summed E-state index contributed by atoms with van der Waals surface area (Å²) in [6.07, 6.45) is 5.94. The summed E-state index contributed by atoms with van der Waals surface area (Å²) in [4.78, 5) is 44.6. The van der Waals surface area contributed by atoms with E-state index < -0.39 is 17.6 Å². The second kappa shape index (κ2) is 11.0. The molecule has 0 unspecified atom stereocenters. The van der Waals surface area contributed by atoms with Crippen molar-refractivity contribution in [2.24, 2.45) is 0 Å². The summed E-state index contributed by atoms with van der Waals surface area (Å²) in [5, 5.41) is 12.7. The molecule has 2 N–H and O–H groups in total. The van der Waals surface area contributed by atoms with Crippen LogP contribution in [0.1, 0.15) is 59.3 Å². The van der Waals surface area contributed by atoms with E-state index in [2.05, 4.69) is 12.2 Å². The van der Waals surface area contributed by atoms with Crippen LogP contribution in [0.25, 0.3) is 17.0 Å². The highest BCUT2D eigenvalue weighted by Crippen LogP contribution is 2.29. The molecule has 3 aromatic rings. The van der Waals surface area contributed by atoms with Crippen LogP contribution in [0.15, 0.2) is 41.3 Å². The number of nitrogens with zero attached hydrogens (tertiary/aromatic N) is 4. The van der Waals surface area contributed by atoms with Crippen LogP contribution in [0.3, 0.4) is 0 Å². The molecule has 10 heteroatoms. The van der Waals surface area contributed by atoms with Crippen molar-refractivity contribution in [3.8, 4) is 11.3 Å². The molecule has 1 aliphatic rings. The first-order valence-electron chi connectivity index (χ1n) is 12.8. The van der Waals surface area contributed by atoms with E-state index in [1.54, 1.807) is 42.6 Å². The number of carbonyl (C=O) groups is 2. The van der Waals surface area contributed by atoms with E-state index in [-0.39, 0.29) is 17.9 Å². The van der Waals surface area contributed by atoms with Gasteiger partial charge in [-0.15, -0.1) is 0 Å². The molecule has 0 bridgehead atoms. The minimum atomic E-state index is -0.973. The van der Waals surface area contributed by atoms with Crippen LogP contribution < -0.4 is 15.8 Å². The molecular formula is C27H34ClN5O4. The number of hydrogen-bond acceptors (Lipinski definition) is 5. The van der Waals surface area contributed by atoms with Gasteiger partial charge in [0, 0.05) is 41.5 Å². The van der Waals surface area contributed by atoms with Gasteiger partial charge in [0.05, 0.1) is 12.1 Å². The quantitative estimate of drug-likeness (QED) is 0.379. The molecule has 0 saturated carbocycles. The number of rotatable bonds is 10. The van der Waals surface area contributed by atoms with Gasteiger partial charge in [-0.1, -0.05) is 43.5 Å². The molecule has 3 heterocycles. The Bertz CT molecular complexity index is 1350. The molecule has 2 aromatic heterocycles. The fourth-order valence-corrected chi connectivity index (χ4v) is 5.09. The van der Waals surface area contributed by atoms with Crippen LogP contribution in [0.2, 0.25) is 5.02 Å². The number of aliphatic carboxylic acids is 1. The van der Waals surface area contributed by atoms with Crippen molar-refractivity contribution >= 4 is 35.1 Å². The molecule has 1 amide bonds. The van der Waals surface area contributed by atoms with Crippen molar-refractivity contribution in [2.75, 3.05) is 11.4 Å². The molecule has 1 atom stereocenters. The van der Waals surface area contributed by atoms with E-state index in [1.807, 2.05) is 21.6 Å². The summed E-state index contributed by atoms with van der Waals surface area (Å²) in [6, 6.07) is 8.41.